The van der Waals surface area contributed by atoms with Gasteiger partial charge in [-0.3, -0.25) is 0 Å². The minimum atomic E-state index is 0.222. The van der Waals surface area contributed by atoms with Crippen molar-refractivity contribution in [2.75, 3.05) is 13.2 Å². The largest absolute Gasteiger partial charge is 0.370 e. The van der Waals surface area contributed by atoms with Gasteiger partial charge >= 0.3 is 0 Å². The summed E-state index contributed by atoms with van der Waals surface area (Å²) in [7, 11) is 0. The molecular formula is C6H13NO. The molecular weight excluding hydrogens is 102 g/mol. The van der Waals surface area contributed by atoms with E-state index in [4.69, 9.17) is 10.5 Å². The molecule has 1 atom stereocenters. The topological polar surface area (TPSA) is 38.5 Å². The Morgan fingerprint density at radius 1 is 1.75 bits per heavy atom. The monoisotopic (exact) mass is 115 g/mol. The summed E-state index contributed by atoms with van der Waals surface area (Å²) in [5.74, 6) is 0. The minimum absolute atomic E-state index is 0.222. The predicted octanol–water partition coefficient (Wildman–Crippen LogP) is 0.514. The molecule has 1 rings (SSSR count). The van der Waals surface area contributed by atoms with Crippen molar-refractivity contribution < 1.29 is 4.74 Å². The van der Waals surface area contributed by atoms with Gasteiger partial charge in [0.15, 0.2) is 0 Å². The van der Waals surface area contributed by atoms with Crippen molar-refractivity contribution in [2.24, 2.45) is 5.73 Å². The van der Waals surface area contributed by atoms with Gasteiger partial charge in [0.1, 0.15) is 0 Å². The summed E-state index contributed by atoms with van der Waals surface area (Å²) in [6.07, 6.45) is 2.22. The van der Waals surface area contributed by atoms with Gasteiger partial charge in [0.05, 0.1) is 12.2 Å². The van der Waals surface area contributed by atoms with E-state index in [1.165, 1.54) is 0 Å². The molecule has 2 N–H and O–H groups in total. The van der Waals surface area contributed by atoms with Gasteiger partial charge in [-0.15, -0.1) is 0 Å². The van der Waals surface area contributed by atoms with Crippen LogP contribution in [0.2, 0.25) is 0 Å². The Hall–Kier alpha value is -0.0800. The van der Waals surface area contributed by atoms with Crippen LogP contribution in [0.3, 0.4) is 0 Å². The molecule has 2 nitrogen and oxygen atoms in total. The van der Waals surface area contributed by atoms with Gasteiger partial charge in [-0.1, -0.05) is 0 Å². The quantitative estimate of drug-likeness (QED) is 0.544. The number of hydrogen-bond donors (Lipinski definition) is 1. The molecule has 0 aromatic heterocycles. The maximum absolute atomic E-state index is 5.31. The van der Waals surface area contributed by atoms with Crippen molar-refractivity contribution in [3.8, 4) is 0 Å². The molecule has 48 valence electrons. The smallest absolute Gasteiger partial charge is 0.0889 e. The normalized spacial score (nSPS) is 35.2. The first-order chi connectivity index (χ1) is 3.77. The van der Waals surface area contributed by atoms with Gasteiger partial charge in [0.2, 0.25) is 0 Å². The molecule has 8 heavy (non-hydrogen) atoms. The van der Waals surface area contributed by atoms with Gasteiger partial charge in [-0.05, 0) is 26.3 Å². The van der Waals surface area contributed by atoms with Crippen molar-refractivity contribution in [3.05, 3.63) is 0 Å². The summed E-state index contributed by atoms with van der Waals surface area (Å²) in [6.45, 7) is 3.86. The number of rotatable bonds is 3. The summed E-state index contributed by atoms with van der Waals surface area (Å²) < 4.78 is 5.14. The molecule has 0 amide bonds. The van der Waals surface area contributed by atoms with Crippen LogP contribution >= 0.6 is 0 Å². The average Bonchev–Trinajstić information content (AvgIpc) is 2.45. The molecule has 0 spiro atoms. The lowest BCUT2D eigenvalue weighted by atomic mass is 10.1. The van der Waals surface area contributed by atoms with Crippen LogP contribution in [-0.4, -0.2) is 18.8 Å². The van der Waals surface area contributed by atoms with Gasteiger partial charge < -0.3 is 10.5 Å². The standard InChI is InChI=1S/C6H13NO/c1-6(5-8-6)3-2-4-7/h2-5,7H2,1H3. The molecule has 0 aromatic rings. The molecule has 1 aliphatic rings. The van der Waals surface area contributed by atoms with Gasteiger partial charge in [0, 0.05) is 0 Å². The molecule has 1 saturated heterocycles. The second kappa shape index (κ2) is 2.03. The number of epoxide rings is 1. The van der Waals surface area contributed by atoms with E-state index in [1.807, 2.05) is 0 Å². The predicted molar refractivity (Wildman–Crippen MR) is 32.6 cm³/mol. The first kappa shape index (κ1) is 6.05. The first-order valence-corrected chi connectivity index (χ1v) is 3.11. The molecule has 1 heterocycles. The summed E-state index contributed by atoms with van der Waals surface area (Å²) in [5.41, 5.74) is 5.53. The number of nitrogens with two attached hydrogens (primary N) is 1. The maximum Gasteiger partial charge on any atom is 0.0889 e. The minimum Gasteiger partial charge on any atom is -0.370 e. The third-order valence-corrected chi connectivity index (χ3v) is 1.55. The van der Waals surface area contributed by atoms with E-state index in [0.717, 1.165) is 26.0 Å². The molecule has 1 unspecified atom stereocenters. The summed E-state index contributed by atoms with van der Waals surface area (Å²) in [4.78, 5) is 0. The fourth-order valence-corrected chi connectivity index (χ4v) is 0.744. The highest BCUT2D eigenvalue weighted by molar-refractivity contribution is 4.86. The Morgan fingerprint density at radius 2 is 2.38 bits per heavy atom. The molecule has 2 heteroatoms. The van der Waals surface area contributed by atoms with E-state index in [1.54, 1.807) is 0 Å². The fourth-order valence-electron chi connectivity index (χ4n) is 0.744. The van der Waals surface area contributed by atoms with Crippen molar-refractivity contribution in [3.63, 3.8) is 0 Å². The van der Waals surface area contributed by atoms with Crippen LogP contribution in [0.5, 0.6) is 0 Å². The van der Waals surface area contributed by atoms with Crippen LogP contribution in [-0.2, 0) is 4.74 Å². The van der Waals surface area contributed by atoms with Crippen molar-refractivity contribution >= 4 is 0 Å². The Kier molecular flexibility index (Phi) is 1.54. The van der Waals surface area contributed by atoms with E-state index < -0.39 is 0 Å². The van der Waals surface area contributed by atoms with Crippen LogP contribution in [0.1, 0.15) is 19.8 Å². The highest BCUT2D eigenvalue weighted by Gasteiger charge is 2.37. The summed E-state index contributed by atoms with van der Waals surface area (Å²) in [5, 5.41) is 0. The lowest BCUT2D eigenvalue weighted by molar-refractivity contribution is 0.305. The average molecular weight is 115 g/mol. The summed E-state index contributed by atoms with van der Waals surface area (Å²) in [6, 6.07) is 0. The second-order valence-electron chi connectivity index (χ2n) is 2.63. The SMILES string of the molecule is CC1(CCCN)CO1. The van der Waals surface area contributed by atoms with Gasteiger partial charge in [-0.25, -0.2) is 0 Å². The zero-order valence-electron chi connectivity index (χ0n) is 5.31. The summed E-state index contributed by atoms with van der Waals surface area (Å²) >= 11 is 0. The van der Waals surface area contributed by atoms with Crippen LogP contribution in [0.15, 0.2) is 0 Å². The Labute approximate surface area is 50.0 Å². The van der Waals surface area contributed by atoms with E-state index in [2.05, 4.69) is 6.92 Å². The maximum atomic E-state index is 5.31. The van der Waals surface area contributed by atoms with Crippen LogP contribution in [0, 0.1) is 0 Å². The lowest BCUT2D eigenvalue weighted by Crippen LogP contribution is -2.08. The van der Waals surface area contributed by atoms with Crippen LogP contribution in [0.4, 0.5) is 0 Å². The van der Waals surface area contributed by atoms with E-state index >= 15 is 0 Å². The first-order valence-electron chi connectivity index (χ1n) is 3.11. The molecule has 0 bridgehead atoms. The van der Waals surface area contributed by atoms with Crippen LogP contribution < -0.4 is 5.73 Å². The molecule has 1 fully saturated rings. The van der Waals surface area contributed by atoms with Gasteiger partial charge in [-0.2, -0.15) is 0 Å². The van der Waals surface area contributed by atoms with Crippen LogP contribution in [0.25, 0.3) is 0 Å². The zero-order valence-corrected chi connectivity index (χ0v) is 5.31. The lowest BCUT2D eigenvalue weighted by Gasteiger charge is -1.99. The molecule has 0 aromatic carbocycles. The highest BCUT2D eigenvalue weighted by Crippen LogP contribution is 2.30. The molecule has 0 radical (unpaired) electrons. The Bertz CT molecular complexity index is 78.6. The van der Waals surface area contributed by atoms with Crippen molar-refractivity contribution in [1.82, 2.24) is 0 Å². The number of hydrogen-bond acceptors (Lipinski definition) is 2. The molecule has 0 saturated carbocycles. The third-order valence-electron chi connectivity index (χ3n) is 1.55. The van der Waals surface area contributed by atoms with E-state index in [0.29, 0.717) is 0 Å². The second-order valence-corrected chi connectivity index (χ2v) is 2.63. The zero-order chi connectivity index (χ0) is 6.04. The Balaban J connectivity index is 2.01. The third kappa shape index (κ3) is 1.46. The van der Waals surface area contributed by atoms with Gasteiger partial charge in [0.25, 0.3) is 0 Å². The Morgan fingerprint density at radius 3 is 2.75 bits per heavy atom. The molecule has 0 aliphatic carbocycles. The highest BCUT2D eigenvalue weighted by atomic mass is 16.6. The number of ether oxygens (including phenoxy) is 1. The van der Waals surface area contributed by atoms with E-state index in [9.17, 15) is 0 Å². The van der Waals surface area contributed by atoms with Crippen molar-refractivity contribution in [1.29, 1.82) is 0 Å². The molecule has 1 aliphatic heterocycles. The van der Waals surface area contributed by atoms with Crippen molar-refractivity contribution in [2.45, 2.75) is 25.4 Å². The van der Waals surface area contributed by atoms with E-state index in [-0.39, 0.29) is 5.60 Å². The fraction of sp³-hybridized carbons (Fsp3) is 1.00.